The molecule has 0 aliphatic heterocycles. The Bertz CT molecular complexity index is 530. The molecule has 0 aliphatic carbocycles. The van der Waals surface area contributed by atoms with Crippen molar-refractivity contribution in [3.8, 4) is 0 Å². The van der Waals surface area contributed by atoms with Gasteiger partial charge in [-0.15, -0.1) is 11.3 Å². The van der Waals surface area contributed by atoms with Gasteiger partial charge >= 0.3 is 0 Å². The van der Waals surface area contributed by atoms with Crippen LogP contribution in [0.1, 0.15) is 17.4 Å². The molecule has 0 aromatic carbocycles. The number of guanidine groups is 1. The first-order chi connectivity index (χ1) is 9.78. The molecule has 0 saturated heterocycles. The van der Waals surface area contributed by atoms with E-state index in [1.807, 2.05) is 24.0 Å². The van der Waals surface area contributed by atoms with E-state index >= 15 is 0 Å². The molecule has 0 spiro atoms. The van der Waals surface area contributed by atoms with Gasteiger partial charge in [0.1, 0.15) is 0 Å². The van der Waals surface area contributed by atoms with Crippen LogP contribution in [0, 0.1) is 6.92 Å². The summed E-state index contributed by atoms with van der Waals surface area (Å²) in [7, 11) is 0. The average Bonchev–Trinajstić information content (AvgIpc) is 3.08. The van der Waals surface area contributed by atoms with Crippen LogP contribution in [-0.2, 0) is 13.1 Å². The lowest BCUT2D eigenvalue weighted by molar-refractivity contribution is 0.597. The van der Waals surface area contributed by atoms with Crippen LogP contribution >= 0.6 is 11.3 Å². The van der Waals surface area contributed by atoms with Crippen LogP contribution in [-0.4, -0.2) is 28.8 Å². The van der Waals surface area contributed by atoms with Crippen LogP contribution in [0.2, 0.25) is 0 Å². The van der Waals surface area contributed by atoms with Crippen molar-refractivity contribution < 1.29 is 0 Å². The van der Waals surface area contributed by atoms with Gasteiger partial charge in [-0.25, -0.2) is 4.99 Å². The summed E-state index contributed by atoms with van der Waals surface area (Å²) >= 11 is 1.73. The highest BCUT2D eigenvalue weighted by atomic mass is 32.1. The number of rotatable bonds is 6. The van der Waals surface area contributed by atoms with Gasteiger partial charge in [-0.2, -0.15) is 5.10 Å². The second kappa shape index (κ2) is 7.69. The zero-order chi connectivity index (χ0) is 14.2. The van der Waals surface area contributed by atoms with Crippen molar-refractivity contribution in [3.63, 3.8) is 0 Å². The van der Waals surface area contributed by atoms with E-state index in [1.165, 1.54) is 10.4 Å². The molecule has 0 amide bonds. The van der Waals surface area contributed by atoms with Crippen LogP contribution in [0.25, 0.3) is 0 Å². The molecule has 0 atom stereocenters. The minimum atomic E-state index is 0.716. The van der Waals surface area contributed by atoms with Crippen molar-refractivity contribution >= 4 is 17.3 Å². The monoisotopic (exact) mass is 291 g/mol. The summed E-state index contributed by atoms with van der Waals surface area (Å²) in [6.45, 7) is 7.32. The Balaban J connectivity index is 1.80. The van der Waals surface area contributed by atoms with Gasteiger partial charge in [-0.3, -0.25) is 4.68 Å². The van der Waals surface area contributed by atoms with Crippen LogP contribution in [0.5, 0.6) is 0 Å². The van der Waals surface area contributed by atoms with E-state index in [-0.39, 0.29) is 0 Å². The van der Waals surface area contributed by atoms with Crippen LogP contribution in [0.15, 0.2) is 34.9 Å². The molecule has 6 heteroatoms. The van der Waals surface area contributed by atoms with E-state index in [4.69, 9.17) is 0 Å². The van der Waals surface area contributed by atoms with Gasteiger partial charge in [0.2, 0.25) is 0 Å². The van der Waals surface area contributed by atoms with E-state index < -0.39 is 0 Å². The summed E-state index contributed by atoms with van der Waals surface area (Å²) < 4.78 is 1.94. The third-order valence-electron chi connectivity index (χ3n) is 2.71. The van der Waals surface area contributed by atoms with Gasteiger partial charge in [-0.05, 0) is 30.9 Å². The Morgan fingerprint density at radius 3 is 3.00 bits per heavy atom. The summed E-state index contributed by atoms with van der Waals surface area (Å²) in [5.74, 6) is 0.852. The standard InChI is InChI=1S/C14H21N5S/c1-3-15-14(17-10-13-5-4-8-20-13)16-6-7-19-11-12(2)9-18-19/h4-5,8-9,11H,3,6-7,10H2,1-2H3,(H2,15,16,17). The fourth-order valence-electron chi connectivity index (χ4n) is 1.78. The molecule has 2 N–H and O–H groups in total. The first-order valence-corrected chi connectivity index (χ1v) is 7.69. The van der Waals surface area contributed by atoms with Crippen molar-refractivity contribution in [2.75, 3.05) is 13.1 Å². The fraction of sp³-hybridized carbons (Fsp3) is 0.429. The molecule has 2 heterocycles. The number of aryl methyl sites for hydroxylation is 1. The zero-order valence-electron chi connectivity index (χ0n) is 12.0. The number of hydrogen-bond acceptors (Lipinski definition) is 3. The van der Waals surface area contributed by atoms with Crippen LogP contribution in [0.4, 0.5) is 0 Å². The Kier molecular flexibility index (Phi) is 5.61. The minimum Gasteiger partial charge on any atom is -0.357 e. The molecule has 2 aromatic rings. The molecule has 0 fully saturated rings. The van der Waals surface area contributed by atoms with Gasteiger partial charge in [0.25, 0.3) is 0 Å². The normalized spacial score (nSPS) is 11.6. The predicted molar refractivity (Wildman–Crippen MR) is 84.1 cm³/mol. The van der Waals surface area contributed by atoms with E-state index in [2.05, 4.69) is 45.2 Å². The second-order valence-corrected chi connectivity index (χ2v) is 5.51. The minimum absolute atomic E-state index is 0.716. The van der Waals surface area contributed by atoms with Gasteiger partial charge in [-0.1, -0.05) is 6.07 Å². The quantitative estimate of drug-likeness (QED) is 0.632. The molecular weight excluding hydrogens is 270 g/mol. The Morgan fingerprint density at radius 2 is 2.35 bits per heavy atom. The maximum absolute atomic E-state index is 4.57. The van der Waals surface area contributed by atoms with E-state index in [0.29, 0.717) is 6.54 Å². The highest BCUT2D eigenvalue weighted by molar-refractivity contribution is 7.09. The number of aromatic nitrogens is 2. The molecule has 0 saturated carbocycles. The highest BCUT2D eigenvalue weighted by Crippen LogP contribution is 2.09. The lowest BCUT2D eigenvalue weighted by atomic mass is 10.4. The molecule has 20 heavy (non-hydrogen) atoms. The molecular formula is C14H21N5S. The molecule has 0 bridgehead atoms. The zero-order valence-corrected chi connectivity index (χ0v) is 12.8. The van der Waals surface area contributed by atoms with E-state index in [1.54, 1.807) is 11.3 Å². The number of thiophene rings is 1. The first kappa shape index (κ1) is 14.6. The summed E-state index contributed by atoms with van der Waals surface area (Å²) in [6.07, 6.45) is 3.91. The third kappa shape index (κ3) is 4.70. The molecule has 2 aromatic heterocycles. The summed E-state index contributed by atoms with van der Waals surface area (Å²) in [5, 5.41) is 12.9. The number of nitrogens with one attached hydrogen (secondary N) is 2. The van der Waals surface area contributed by atoms with Crippen molar-refractivity contribution in [1.29, 1.82) is 0 Å². The average molecular weight is 291 g/mol. The van der Waals surface area contributed by atoms with Crippen molar-refractivity contribution in [1.82, 2.24) is 20.4 Å². The highest BCUT2D eigenvalue weighted by Gasteiger charge is 1.99. The molecule has 0 radical (unpaired) electrons. The maximum atomic E-state index is 4.57. The lowest BCUT2D eigenvalue weighted by Crippen LogP contribution is -2.38. The number of nitrogens with zero attached hydrogens (tertiary/aromatic N) is 3. The summed E-state index contributed by atoms with van der Waals surface area (Å²) in [4.78, 5) is 5.84. The van der Waals surface area contributed by atoms with E-state index in [0.717, 1.165) is 25.6 Å². The largest absolute Gasteiger partial charge is 0.357 e. The molecule has 0 aliphatic rings. The van der Waals surface area contributed by atoms with Crippen molar-refractivity contribution in [3.05, 3.63) is 40.3 Å². The second-order valence-electron chi connectivity index (χ2n) is 4.48. The molecule has 0 unspecified atom stereocenters. The van der Waals surface area contributed by atoms with Crippen molar-refractivity contribution in [2.45, 2.75) is 26.9 Å². The van der Waals surface area contributed by atoms with Gasteiger partial charge < -0.3 is 10.6 Å². The summed E-state index contributed by atoms with van der Waals surface area (Å²) in [6, 6.07) is 4.15. The lowest BCUT2D eigenvalue weighted by Gasteiger charge is -2.11. The number of aliphatic imine (C=N–C) groups is 1. The Hall–Kier alpha value is -1.82. The summed E-state index contributed by atoms with van der Waals surface area (Å²) in [5.41, 5.74) is 1.18. The van der Waals surface area contributed by atoms with Gasteiger partial charge in [0, 0.05) is 24.2 Å². The Morgan fingerprint density at radius 1 is 1.45 bits per heavy atom. The Labute approximate surface area is 123 Å². The van der Waals surface area contributed by atoms with Crippen LogP contribution in [0.3, 0.4) is 0 Å². The van der Waals surface area contributed by atoms with Crippen molar-refractivity contribution in [2.24, 2.45) is 4.99 Å². The maximum Gasteiger partial charge on any atom is 0.191 e. The topological polar surface area (TPSA) is 54.2 Å². The van der Waals surface area contributed by atoms with E-state index in [9.17, 15) is 0 Å². The van der Waals surface area contributed by atoms with Gasteiger partial charge in [0.05, 0.1) is 19.3 Å². The molecule has 2 rings (SSSR count). The fourth-order valence-corrected chi connectivity index (χ4v) is 2.41. The van der Waals surface area contributed by atoms with Crippen LogP contribution < -0.4 is 10.6 Å². The SMILES string of the molecule is CCNC(=NCc1cccs1)NCCn1cc(C)cn1. The third-order valence-corrected chi connectivity index (χ3v) is 3.57. The number of hydrogen-bond donors (Lipinski definition) is 2. The first-order valence-electron chi connectivity index (χ1n) is 6.81. The van der Waals surface area contributed by atoms with Gasteiger partial charge in [0.15, 0.2) is 5.96 Å². The molecule has 108 valence electrons. The predicted octanol–water partition coefficient (Wildman–Crippen LogP) is 2.01. The molecule has 5 nitrogen and oxygen atoms in total. The smallest absolute Gasteiger partial charge is 0.191 e.